The molecule has 1 atom stereocenters. The molecule has 0 heterocycles. The van der Waals surface area contributed by atoms with Crippen LogP contribution in [0.25, 0.3) is 0 Å². The Kier molecular flexibility index (Phi) is 5.66. The summed E-state index contributed by atoms with van der Waals surface area (Å²) in [6.07, 6.45) is 0. The topological polar surface area (TPSA) is 61.4 Å². The predicted octanol–water partition coefficient (Wildman–Crippen LogP) is 0.436. The van der Waals surface area contributed by atoms with Gasteiger partial charge in [-0.25, -0.2) is 0 Å². The number of carboxylic acid groups (broad SMARTS) is 1. The third-order valence-corrected chi connectivity index (χ3v) is 1.56. The van der Waals surface area contributed by atoms with Crippen LogP contribution in [0.5, 0.6) is 0 Å². The molecule has 4 heteroatoms. The Hall–Kier alpha value is -0.610. The zero-order chi connectivity index (χ0) is 10.4. The standard InChI is InChI=1S/C9H20N2O2/c1-6(2)10-5-8(9(12)13)11-7(3)4/h6-8,10-11H,5H2,1-4H3,(H,12,13). The van der Waals surface area contributed by atoms with E-state index in [-0.39, 0.29) is 6.04 Å². The molecule has 13 heavy (non-hydrogen) atoms. The predicted molar refractivity (Wildman–Crippen MR) is 52.8 cm³/mol. The van der Waals surface area contributed by atoms with E-state index in [1.807, 2.05) is 27.7 Å². The van der Waals surface area contributed by atoms with Crippen LogP contribution in [0.3, 0.4) is 0 Å². The molecule has 0 fully saturated rings. The molecule has 1 unspecified atom stereocenters. The smallest absolute Gasteiger partial charge is 0.322 e. The van der Waals surface area contributed by atoms with Crippen molar-refractivity contribution in [3.8, 4) is 0 Å². The third-order valence-electron chi connectivity index (χ3n) is 1.56. The first-order chi connectivity index (χ1) is 5.93. The summed E-state index contributed by atoms with van der Waals surface area (Å²) in [6.45, 7) is 8.32. The number of carbonyl (C=O) groups is 1. The van der Waals surface area contributed by atoms with Crippen LogP contribution in [0.1, 0.15) is 27.7 Å². The summed E-state index contributed by atoms with van der Waals surface area (Å²) < 4.78 is 0. The van der Waals surface area contributed by atoms with Crippen molar-refractivity contribution in [2.45, 2.75) is 45.8 Å². The van der Waals surface area contributed by atoms with Gasteiger partial charge >= 0.3 is 5.97 Å². The van der Waals surface area contributed by atoms with E-state index in [1.165, 1.54) is 0 Å². The average molecular weight is 188 g/mol. The molecule has 0 amide bonds. The summed E-state index contributed by atoms with van der Waals surface area (Å²) in [7, 11) is 0. The van der Waals surface area contributed by atoms with Crippen molar-refractivity contribution in [3.63, 3.8) is 0 Å². The van der Waals surface area contributed by atoms with Crippen molar-refractivity contribution < 1.29 is 9.90 Å². The normalized spacial score (nSPS) is 13.7. The maximum Gasteiger partial charge on any atom is 0.322 e. The molecule has 78 valence electrons. The maximum absolute atomic E-state index is 10.7. The molecule has 4 nitrogen and oxygen atoms in total. The highest BCUT2D eigenvalue weighted by Gasteiger charge is 2.17. The van der Waals surface area contributed by atoms with E-state index in [0.29, 0.717) is 12.6 Å². The zero-order valence-corrected chi connectivity index (χ0v) is 8.79. The van der Waals surface area contributed by atoms with Gasteiger partial charge < -0.3 is 15.7 Å². The third kappa shape index (κ3) is 6.54. The van der Waals surface area contributed by atoms with Gasteiger partial charge in [0.25, 0.3) is 0 Å². The first-order valence-corrected chi connectivity index (χ1v) is 4.65. The second-order valence-electron chi connectivity index (χ2n) is 3.78. The zero-order valence-electron chi connectivity index (χ0n) is 8.79. The molecular formula is C9H20N2O2. The molecular weight excluding hydrogens is 168 g/mol. The van der Waals surface area contributed by atoms with E-state index in [2.05, 4.69) is 10.6 Å². The molecule has 0 saturated carbocycles. The van der Waals surface area contributed by atoms with Crippen LogP contribution in [-0.2, 0) is 4.79 Å². The van der Waals surface area contributed by atoms with Crippen LogP contribution in [0, 0.1) is 0 Å². The summed E-state index contributed by atoms with van der Waals surface area (Å²) >= 11 is 0. The van der Waals surface area contributed by atoms with Crippen molar-refractivity contribution in [1.82, 2.24) is 10.6 Å². The first kappa shape index (κ1) is 12.4. The van der Waals surface area contributed by atoms with Crippen LogP contribution in [-0.4, -0.2) is 35.7 Å². The molecule has 0 radical (unpaired) electrons. The van der Waals surface area contributed by atoms with Gasteiger partial charge in [-0.2, -0.15) is 0 Å². The van der Waals surface area contributed by atoms with Crippen LogP contribution < -0.4 is 10.6 Å². The quantitative estimate of drug-likeness (QED) is 0.566. The summed E-state index contributed by atoms with van der Waals surface area (Å²) in [4.78, 5) is 10.7. The molecule has 0 aliphatic rings. The summed E-state index contributed by atoms with van der Waals surface area (Å²) in [5.74, 6) is -0.804. The molecule has 3 N–H and O–H groups in total. The second-order valence-corrected chi connectivity index (χ2v) is 3.78. The minimum atomic E-state index is -0.804. The van der Waals surface area contributed by atoms with E-state index in [0.717, 1.165) is 0 Å². The van der Waals surface area contributed by atoms with E-state index in [9.17, 15) is 4.79 Å². The lowest BCUT2D eigenvalue weighted by atomic mass is 10.2. The van der Waals surface area contributed by atoms with E-state index < -0.39 is 12.0 Å². The van der Waals surface area contributed by atoms with Gasteiger partial charge in [-0.05, 0) is 0 Å². The molecule has 0 aliphatic heterocycles. The lowest BCUT2D eigenvalue weighted by molar-refractivity contribution is -0.139. The molecule has 0 rings (SSSR count). The van der Waals surface area contributed by atoms with Crippen LogP contribution in [0.15, 0.2) is 0 Å². The molecule has 0 saturated heterocycles. The minimum Gasteiger partial charge on any atom is -0.480 e. The van der Waals surface area contributed by atoms with Gasteiger partial charge in [-0.15, -0.1) is 0 Å². The molecule has 0 aromatic carbocycles. The highest BCUT2D eigenvalue weighted by molar-refractivity contribution is 5.73. The van der Waals surface area contributed by atoms with Gasteiger partial charge in [0.1, 0.15) is 6.04 Å². The van der Waals surface area contributed by atoms with Gasteiger partial charge in [0.2, 0.25) is 0 Å². The number of carboxylic acids is 1. The summed E-state index contributed by atoms with van der Waals surface area (Å²) in [5.41, 5.74) is 0. The lowest BCUT2D eigenvalue weighted by Gasteiger charge is -2.19. The minimum absolute atomic E-state index is 0.190. The van der Waals surface area contributed by atoms with Crippen molar-refractivity contribution >= 4 is 5.97 Å². The number of hydrogen-bond acceptors (Lipinski definition) is 3. The van der Waals surface area contributed by atoms with Crippen molar-refractivity contribution in [1.29, 1.82) is 0 Å². The lowest BCUT2D eigenvalue weighted by Crippen LogP contribution is -2.48. The molecule has 0 aromatic heterocycles. The average Bonchev–Trinajstić information content (AvgIpc) is 1.96. The van der Waals surface area contributed by atoms with E-state index >= 15 is 0 Å². The van der Waals surface area contributed by atoms with Gasteiger partial charge in [-0.3, -0.25) is 4.79 Å². The van der Waals surface area contributed by atoms with Gasteiger partial charge in [0, 0.05) is 18.6 Å². The van der Waals surface area contributed by atoms with Gasteiger partial charge in [-0.1, -0.05) is 27.7 Å². The Bertz CT molecular complexity index is 158. The fourth-order valence-corrected chi connectivity index (χ4v) is 0.973. The van der Waals surface area contributed by atoms with E-state index in [1.54, 1.807) is 0 Å². The van der Waals surface area contributed by atoms with E-state index in [4.69, 9.17) is 5.11 Å². The number of hydrogen-bond donors (Lipinski definition) is 3. The molecule has 0 bridgehead atoms. The Morgan fingerprint density at radius 3 is 2.08 bits per heavy atom. The highest BCUT2D eigenvalue weighted by Crippen LogP contribution is 1.88. The second kappa shape index (κ2) is 5.94. The first-order valence-electron chi connectivity index (χ1n) is 4.65. The summed E-state index contributed by atoms with van der Waals surface area (Å²) in [5, 5.41) is 14.9. The Morgan fingerprint density at radius 1 is 1.23 bits per heavy atom. The highest BCUT2D eigenvalue weighted by atomic mass is 16.4. The fraction of sp³-hybridized carbons (Fsp3) is 0.889. The van der Waals surface area contributed by atoms with Crippen molar-refractivity contribution in [2.24, 2.45) is 0 Å². The number of nitrogens with one attached hydrogen (secondary N) is 2. The number of aliphatic carboxylic acids is 1. The van der Waals surface area contributed by atoms with Gasteiger partial charge in [0.05, 0.1) is 0 Å². The van der Waals surface area contributed by atoms with Crippen LogP contribution >= 0.6 is 0 Å². The van der Waals surface area contributed by atoms with Crippen molar-refractivity contribution in [2.75, 3.05) is 6.54 Å². The fourth-order valence-electron chi connectivity index (χ4n) is 0.973. The monoisotopic (exact) mass is 188 g/mol. The Labute approximate surface area is 79.7 Å². The largest absolute Gasteiger partial charge is 0.480 e. The van der Waals surface area contributed by atoms with Crippen molar-refractivity contribution in [3.05, 3.63) is 0 Å². The van der Waals surface area contributed by atoms with Crippen LogP contribution in [0.2, 0.25) is 0 Å². The molecule has 0 aromatic rings. The Balaban J connectivity index is 3.88. The SMILES string of the molecule is CC(C)NCC(NC(C)C)C(=O)O. The Morgan fingerprint density at radius 2 is 1.77 bits per heavy atom. The summed E-state index contributed by atoms with van der Waals surface area (Å²) in [6, 6.07) is 0.00766. The molecule has 0 spiro atoms. The van der Waals surface area contributed by atoms with Gasteiger partial charge in [0.15, 0.2) is 0 Å². The maximum atomic E-state index is 10.7. The van der Waals surface area contributed by atoms with Crippen LogP contribution in [0.4, 0.5) is 0 Å². The molecule has 0 aliphatic carbocycles. The number of rotatable bonds is 6.